The van der Waals surface area contributed by atoms with Crippen LogP contribution in [0, 0.1) is 0 Å². The normalized spacial score (nSPS) is 18.8. The highest BCUT2D eigenvalue weighted by Gasteiger charge is 2.20. The molecule has 0 aromatic heterocycles. The van der Waals surface area contributed by atoms with Crippen molar-refractivity contribution in [2.45, 2.75) is 31.7 Å². The van der Waals surface area contributed by atoms with Gasteiger partial charge in [-0.05, 0) is 50.0 Å². The lowest BCUT2D eigenvalue weighted by molar-refractivity contribution is -0.131. The molecule has 1 aliphatic heterocycles. The Morgan fingerprint density at radius 1 is 1.30 bits per heavy atom. The largest absolute Gasteiger partial charge is 0.342 e. The Labute approximate surface area is 132 Å². The molecule has 1 aromatic rings. The van der Waals surface area contributed by atoms with Crippen LogP contribution in [0.1, 0.15) is 24.8 Å². The Morgan fingerprint density at radius 2 is 2.00 bits per heavy atom. The standard InChI is InChI=1S/C15H21ClN2O.ClH/c1-18(14-3-2-9-17-10-8-14)15(19)11-12-4-6-13(16)7-5-12;/h4-7,14,17H,2-3,8-11H2,1H3;1H. The summed E-state index contributed by atoms with van der Waals surface area (Å²) >= 11 is 5.85. The molecule has 1 heterocycles. The van der Waals surface area contributed by atoms with Gasteiger partial charge < -0.3 is 10.2 Å². The zero-order valence-corrected chi connectivity index (χ0v) is 13.3. The van der Waals surface area contributed by atoms with E-state index >= 15 is 0 Å². The number of hydrogen-bond acceptors (Lipinski definition) is 2. The molecular weight excluding hydrogens is 295 g/mol. The van der Waals surface area contributed by atoms with E-state index in [-0.39, 0.29) is 18.3 Å². The van der Waals surface area contributed by atoms with Gasteiger partial charge in [-0.1, -0.05) is 23.7 Å². The Bertz CT molecular complexity index is 414. The Balaban J connectivity index is 0.00000200. The van der Waals surface area contributed by atoms with Crippen LogP contribution in [0.2, 0.25) is 5.02 Å². The number of hydrogen-bond donors (Lipinski definition) is 1. The van der Waals surface area contributed by atoms with Crippen LogP contribution in [0.3, 0.4) is 0 Å². The number of benzene rings is 1. The zero-order valence-electron chi connectivity index (χ0n) is 11.8. The van der Waals surface area contributed by atoms with Crippen molar-refractivity contribution in [1.82, 2.24) is 10.2 Å². The van der Waals surface area contributed by atoms with Gasteiger partial charge in [-0.2, -0.15) is 0 Å². The van der Waals surface area contributed by atoms with Crippen molar-refractivity contribution >= 4 is 29.9 Å². The molecule has 2 rings (SSSR count). The molecule has 0 spiro atoms. The van der Waals surface area contributed by atoms with Gasteiger partial charge in [-0.25, -0.2) is 0 Å². The van der Waals surface area contributed by atoms with Crippen LogP contribution in [0.5, 0.6) is 0 Å². The van der Waals surface area contributed by atoms with E-state index in [4.69, 9.17) is 11.6 Å². The quantitative estimate of drug-likeness (QED) is 0.930. The number of carbonyl (C=O) groups excluding carboxylic acids is 1. The zero-order chi connectivity index (χ0) is 13.7. The summed E-state index contributed by atoms with van der Waals surface area (Å²) in [7, 11) is 1.92. The Hall–Kier alpha value is -0.770. The topological polar surface area (TPSA) is 32.3 Å². The van der Waals surface area contributed by atoms with Crippen molar-refractivity contribution in [3.8, 4) is 0 Å². The molecular formula is C15H22Cl2N2O. The number of halogens is 2. The van der Waals surface area contributed by atoms with E-state index in [1.807, 2.05) is 36.2 Å². The van der Waals surface area contributed by atoms with E-state index in [1.54, 1.807) is 0 Å². The van der Waals surface area contributed by atoms with E-state index in [2.05, 4.69) is 5.32 Å². The summed E-state index contributed by atoms with van der Waals surface area (Å²) in [5.74, 6) is 0.189. The van der Waals surface area contributed by atoms with Crippen molar-refractivity contribution < 1.29 is 4.79 Å². The smallest absolute Gasteiger partial charge is 0.226 e. The summed E-state index contributed by atoms with van der Waals surface area (Å²) in [6.45, 7) is 2.07. The number of carbonyl (C=O) groups is 1. The van der Waals surface area contributed by atoms with Crippen LogP contribution in [0.4, 0.5) is 0 Å². The van der Waals surface area contributed by atoms with Gasteiger partial charge in [0.05, 0.1) is 6.42 Å². The molecule has 1 saturated heterocycles. The van der Waals surface area contributed by atoms with Gasteiger partial charge in [0.15, 0.2) is 0 Å². The molecule has 1 atom stereocenters. The predicted molar refractivity (Wildman–Crippen MR) is 85.7 cm³/mol. The molecule has 1 unspecified atom stereocenters. The van der Waals surface area contributed by atoms with Gasteiger partial charge >= 0.3 is 0 Å². The van der Waals surface area contributed by atoms with E-state index in [1.165, 1.54) is 0 Å². The molecule has 0 radical (unpaired) electrons. The summed E-state index contributed by atoms with van der Waals surface area (Å²) in [6.07, 6.45) is 3.74. The monoisotopic (exact) mass is 316 g/mol. The molecule has 3 nitrogen and oxygen atoms in total. The minimum absolute atomic E-state index is 0. The van der Waals surface area contributed by atoms with Crippen molar-refractivity contribution in [3.63, 3.8) is 0 Å². The Morgan fingerprint density at radius 3 is 2.70 bits per heavy atom. The highest BCUT2D eigenvalue weighted by Crippen LogP contribution is 2.15. The summed E-state index contributed by atoms with van der Waals surface area (Å²) in [5, 5.41) is 4.08. The average Bonchev–Trinajstić information content (AvgIpc) is 2.69. The maximum absolute atomic E-state index is 12.3. The van der Waals surface area contributed by atoms with Crippen LogP contribution < -0.4 is 5.32 Å². The van der Waals surface area contributed by atoms with Crippen LogP contribution in [-0.2, 0) is 11.2 Å². The first-order valence-corrected chi connectivity index (χ1v) is 7.25. The fraction of sp³-hybridized carbons (Fsp3) is 0.533. The third-order valence-corrected chi connectivity index (χ3v) is 4.01. The minimum Gasteiger partial charge on any atom is -0.342 e. The molecule has 5 heteroatoms. The maximum Gasteiger partial charge on any atom is 0.226 e. The molecule has 112 valence electrons. The number of amides is 1. The lowest BCUT2D eigenvalue weighted by Crippen LogP contribution is -2.38. The summed E-state index contributed by atoms with van der Waals surface area (Å²) in [4.78, 5) is 14.2. The van der Waals surface area contributed by atoms with Gasteiger partial charge in [0.1, 0.15) is 0 Å². The van der Waals surface area contributed by atoms with Gasteiger partial charge in [0.25, 0.3) is 0 Å². The fourth-order valence-corrected chi connectivity index (χ4v) is 2.62. The first kappa shape index (κ1) is 17.3. The van der Waals surface area contributed by atoms with Crippen LogP contribution >= 0.6 is 24.0 Å². The van der Waals surface area contributed by atoms with E-state index in [0.717, 1.165) is 37.9 Å². The summed E-state index contributed by atoms with van der Waals surface area (Å²) in [5.41, 5.74) is 1.02. The van der Waals surface area contributed by atoms with Crippen molar-refractivity contribution in [2.24, 2.45) is 0 Å². The fourth-order valence-electron chi connectivity index (χ4n) is 2.49. The molecule has 1 amide bonds. The van der Waals surface area contributed by atoms with Crippen LogP contribution in [0.25, 0.3) is 0 Å². The second-order valence-electron chi connectivity index (χ2n) is 5.14. The molecule has 1 aliphatic rings. The van der Waals surface area contributed by atoms with Crippen molar-refractivity contribution in [2.75, 3.05) is 20.1 Å². The molecule has 1 aromatic carbocycles. The van der Waals surface area contributed by atoms with Gasteiger partial charge in [-0.15, -0.1) is 12.4 Å². The van der Waals surface area contributed by atoms with Crippen LogP contribution in [-0.4, -0.2) is 37.0 Å². The lowest BCUT2D eigenvalue weighted by atomic mass is 10.1. The first-order chi connectivity index (χ1) is 9.16. The highest BCUT2D eigenvalue weighted by molar-refractivity contribution is 6.30. The molecule has 1 N–H and O–H groups in total. The van der Waals surface area contributed by atoms with Gasteiger partial charge in [0, 0.05) is 18.1 Å². The molecule has 1 fully saturated rings. The summed E-state index contributed by atoms with van der Waals surface area (Å²) < 4.78 is 0. The molecule has 20 heavy (non-hydrogen) atoms. The van der Waals surface area contributed by atoms with Crippen LogP contribution in [0.15, 0.2) is 24.3 Å². The van der Waals surface area contributed by atoms with E-state index < -0.39 is 0 Å². The van der Waals surface area contributed by atoms with Gasteiger partial charge in [0.2, 0.25) is 5.91 Å². The maximum atomic E-state index is 12.3. The second-order valence-corrected chi connectivity index (χ2v) is 5.58. The SMILES string of the molecule is CN(C(=O)Cc1ccc(Cl)cc1)C1CCCNCC1.Cl. The number of rotatable bonds is 3. The third-order valence-electron chi connectivity index (χ3n) is 3.75. The van der Waals surface area contributed by atoms with E-state index in [0.29, 0.717) is 17.5 Å². The average molecular weight is 317 g/mol. The summed E-state index contributed by atoms with van der Waals surface area (Å²) in [6, 6.07) is 7.88. The van der Waals surface area contributed by atoms with Crippen molar-refractivity contribution in [3.05, 3.63) is 34.9 Å². The predicted octanol–water partition coefficient (Wildman–Crippen LogP) is 2.90. The van der Waals surface area contributed by atoms with E-state index in [9.17, 15) is 4.79 Å². The minimum atomic E-state index is 0. The Kier molecular flexibility index (Phi) is 7.35. The molecule has 0 saturated carbocycles. The second kappa shape index (κ2) is 8.50. The molecule has 0 bridgehead atoms. The lowest BCUT2D eigenvalue weighted by Gasteiger charge is -2.27. The van der Waals surface area contributed by atoms with Gasteiger partial charge in [-0.3, -0.25) is 4.79 Å². The number of likely N-dealkylation sites (N-methyl/N-ethyl adjacent to an activating group) is 1. The highest BCUT2D eigenvalue weighted by atomic mass is 35.5. The third kappa shape index (κ3) is 4.97. The number of nitrogens with one attached hydrogen (secondary N) is 1. The molecule has 0 aliphatic carbocycles. The first-order valence-electron chi connectivity index (χ1n) is 6.87. The van der Waals surface area contributed by atoms with Crippen molar-refractivity contribution in [1.29, 1.82) is 0 Å². The number of nitrogens with zero attached hydrogens (tertiary/aromatic N) is 1.